The molecule has 0 fully saturated rings. The van der Waals surface area contributed by atoms with E-state index in [-0.39, 0.29) is 18.3 Å². The second kappa shape index (κ2) is 6.96. The van der Waals surface area contributed by atoms with E-state index in [0.717, 1.165) is 15.8 Å². The molecule has 136 valence electrons. The third kappa shape index (κ3) is 3.48. The number of carbonyl (C=O) groups excluding carboxylic acids is 1. The number of hydrogen-bond donors (Lipinski definition) is 0. The molecule has 0 N–H and O–H groups in total. The molecule has 0 radical (unpaired) electrons. The van der Waals surface area contributed by atoms with Crippen LogP contribution in [0.4, 0.5) is 9.52 Å². The summed E-state index contributed by atoms with van der Waals surface area (Å²) in [5.74, 6) is 0.0195. The average molecular weight is 380 g/mol. The quantitative estimate of drug-likeness (QED) is 0.470. The van der Waals surface area contributed by atoms with Gasteiger partial charge in [-0.05, 0) is 73.5 Å². The van der Waals surface area contributed by atoms with Crippen molar-refractivity contribution < 1.29 is 13.6 Å². The summed E-state index contributed by atoms with van der Waals surface area (Å²) >= 11 is 1.45. The number of halogens is 1. The van der Waals surface area contributed by atoms with Crippen molar-refractivity contribution in [2.24, 2.45) is 0 Å². The SMILES string of the molecule is Cc1cc2nc(N(Cc3ccco3)C(=O)c3ccc(F)cc3)sc2cc1C. The van der Waals surface area contributed by atoms with Gasteiger partial charge in [0, 0.05) is 5.56 Å². The van der Waals surface area contributed by atoms with E-state index in [4.69, 9.17) is 4.42 Å². The molecule has 2 aromatic heterocycles. The number of furan rings is 1. The molecule has 0 aliphatic carbocycles. The monoisotopic (exact) mass is 380 g/mol. The topological polar surface area (TPSA) is 46.3 Å². The van der Waals surface area contributed by atoms with Gasteiger partial charge < -0.3 is 4.42 Å². The molecule has 2 heterocycles. The number of rotatable bonds is 4. The minimum absolute atomic E-state index is 0.251. The molecule has 0 spiro atoms. The molecule has 0 aliphatic heterocycles. The van der Waals surface area contributed by atoms with Crippen LogP contribution in [0, 0.1) is 19.7 Å². The van der Waals surface area contributed by atoms with E-state index in [0.29, 0.717) is 16.5 Å². The van der Waals surface area contributed by atoms with Gasteiger partial charge in [-0.3, -0.25) is 9.69 Å². The van der Waals surface area contributed by atoms with Gasteiger partial charge >= 0.3 is 0 Å². The molecule has 27 heavy (non-hydrogen) atoms. The lowest BCUT2D eigenvalue weighted by Crippen LogP contribution is -2.30. The van der Waals surface area contributed by atoms with Crippen molar-refractivity contribution in [1.29, 1.82) is 0 Å². The van der Waals surface area contributed by atoms with Crippen molar-refractivity contribution in [3.8, 4) is 0 Å². The Hall–Kier alpha value is -2.99. The number of amides is 1. The molecule has 6 heteroatoms. The number of hydrogen-bond acceptors (Lipinski definition) is 4. The highest BCUT2D eigenvalue weighted by atomic mass is 32.1. The predicted molar refractivity (Wildman–Crippen MR) is 105 cm³/mol. The molecule has 0 saturated carbocycles. The van der Waals surface area contributed by atoms with Crippen LogP contribution in [0.25, 0.3) is 10.2 Å². The van der Waals surface area contributed by atoms with E-state index in [1.165, 1.54) is 41.2 Å². The third-order valence-corrected chi connectivity index (χ3v) is 5.50. The minimum atomic E-state index is -0.380. The maximum Gasteiger partial charge on any atom is 0.260 e. The number of aromatic nitrogens is 1. The summed E-state index contributed by atoms with van der Waals surface area (Å²) in [5, 5.41) is 0.584. The van der Waals surface area contributed by atoms with Gasteiger partial charge in [-0.15, -0.1) is 0 Å². The first kappa shape index (κ1) is 17.4. The highest BCUT2D eigenvalue weighted by Crippen LogP contribution is 2.32. The van der Waals surface area contributed by atoms with Crippen LogP contribution in [0.2, 0.25) is 0 Å². The fourth-order valence-electron chi connectivity index (χ4n) is 2.82. The fraction of sp³-hybridized carbons (Fsp3) is 0.143. The molecule has 4 rings (SSSR count). The second-order valence-corrected chi connectivity index (χ2v) is 7.39. The average Bonchev–Trinajstić information content (AvgIpc) is 3.30. The lowest BCUT2D eigenvalue weighted by Gasteiger charge is -2.18. The van der Waals surface area contributed by atoms with Crippen LogP contribution in [-0.2, 0) is 6.54 Å². The Morgan fingerprint density at radius 2 is 1.89 bits per heavy atom. The number of aryl methyl sites for hydroxylation is 2. The van der Waals surface area contributed by atoms with Crippen molar-refractivity contribution in [2.75, 3.05) is 4.90 Å². The molecule has 4 nitrogen and oxygen atoms in total. The van der Waals surface area contributed by atoms with Crippen LogP contribution in [0.5, 0.6) is 0 Å². The Morgan fingerprint density at radius 1 is 1.15 bits per heavy atom. The van der Waals surface area contributed by atoms with Crippen molar-refractivity contribution >= 4 is 32.6 Å². The first-order chi connectivity index (χ1) is 13.0. The first-order valence-electron chi connectivity index (χ1n) is 8.49. The molecule has 4 aromatic rings. The van der Waals surface area contributed by atoms with Gasteiger partial charge in [0.1, 0.15) is 11.6 Å². The zero-order valence-corrected chi connectivity index (χ0v) is 15.7. The zero-order valence-electron chi connectivity index (χ0n) is 14.9. The van der Waals surface area contributed by atoms with E-state index in [1.807, 2.05) is 19.1 Å². The highest BCUT2D eigenvalue weighted by Gasteiger charge is 2.23. The molecule has 0 atom stereocenters. The molecular formula is C21H17FN2O2S. The lowest BCUT2D eigenvalue weighted by molar-refractivity contribution is 0.0983. The van der Waals surface area contributed by atoms with Crippen molar-refractivity contribution in [3.05, 3.63) is 83.1 Å². The van der Waals surface area contributed by atoms with Gasteiger partial charge in [-0.1, -0.05) is 11.3 Å². The number of nitrogens with zero attached hydrogens (tertiary/aromatic N) is 2. The Balaban J connectivity index is 1.77. The van der Waals surface area contributed by atoms with Crippen LogP contribution < -0.4 is 4.90 Å². The smallest absolute Gasteiger partial charge is 0.260 e. The number of benzene rings is 2. The normalized spacial score (nSPS) is 11.1. The minimum Gasteiger partial charge on any atom is -0.467 e. The molecule has 0 saturated heterocycles. The molecule has 0 bridgehead atoms. The van der Waals surface area contributed by atoms with Crippen molar-refractivity contribution in [2.45, 2.75) is 20.4 Å². The van der Waals surface area contributed by atoms with E-state index in [9.17, 15) is 9.18 Å². The Morgan fingerprint density at radius 3 is 2.59 bits per heavy atom. The molecule has 0 unspecified atom stereocenters. The van der Waals surface area contributed by atoms with Crippen LogP contribution in [0.15, 0.2) is 59.2 Å². The van der Waals surface area contributed by atoms with E-state index in [1.54, 1.807) is 17.2 Å². The maximum absolute atomic E-state index is 13.2. The lowest BCUT2D eigenvalue weighted by atomic mass is 10.1. The Labute approximate surface area is 159 Å². The van der Waals surface area contributed by atoms with Gasteiger partial charge in [0.25, 0.3) is 5.91 Å². The molecular weight excluding hydrogens is 363 g/mol. The summed E-state index contributed by atoms with van der Waals surface area (Å²) in [7, 11) is 0. The van der Waals surface area contributed by atoms with Gasteiger partial charge in [0.2, 0.25) is 0 Å². The van der Waals surface area contributed by atoms with Gasteiger partial charge in [-0.25, -0.2) is 9.37 Å². The van der Waals surface area contributed by atoms with E-state index < -0.39 is 0 Å². The van der Waals surface area contributed by atoms with Crippen LogP contribution in [0.3, 0.4) is 0 Å². The van der Waals surface area contributed by atoms with Crippen LogP contribution >= 0.6 is 11.3 Å². The zero-order chi connectivity index (χ0) is 19.0. The van der Waals surface area contributed by atoms with Crippen molar-refractivity contribution in [1.82, 2.24) is 4.98 Å². The molecule has 0 aliphatic rings. The number of carbonyl (C=O) groups is 1. The summed E-state index contributed by atoms with van der Waals surface area (Å²) in [6, 6.07) is 13.2. The standard InChI is InChI=1S/C21H17FN2O2S/c1-13-10-18-19(11-14(13)2)27-21(23-18)24(12-17-4-3-9-26-17)20(25)15-5-7-16(22)8-6-15/h3-11H,12H2,1-2H3. The number of anilines is 1. The van der Waals surface area contributed by atoms with E-state index >= 15 is 0 Å². The number of thiazole rings is 1. The van der Waals surface area contributed by atoms with Crippen molar-refractivity contribution in [3.63, 3.8) is 0 Å². The fourth-order valence-corrected chi connectivity index (χ4v) is 3.86. The summed E-state index contributed by atoms with van der Waals surface area (Å²) in [5.41, 5.74) is 3.59. The first-order valence-corrected chi connectivity index (χ1v) is 9.30. The van der Waals surface area contributed by atoms with Crippen LogP contribution in [0.1, 0.15) is 27.2 Å². The van der Waals surface area contributed by atoms with Gasteiger partial charge in [0.15, 0.2) is 5.13 Å². The Bertz CT molecular complexity index is 1060. The Kier molecular flexibility index (Phi) is 4.49. The summed E-state index contributed by atoms with van der Waals surface area (Å²) in [6.07, 6.45) is 1.57. The third-order valence-electron chi connectivity index (χ3n) is 4.45. The van der Waals surface area contributed by atoms with Gasteiger partial charge in [0.05, 0.1) is 23.0 Å². The maximum atomic E-state index is 13.2. The largest absolute Gasteiger partial charge is 0.467 e. The summed E-state index contributed by atoms with van der Waals surface area (Å²) in [4.78, 5) is 19.4. The second-order valence-electron chi connectivity index (χ2n) is 6.38. The van der Waals surface area contributed by atoms with Gasteiger partial charge in [-0.2, -0.15) is 0 Å². The summed E-state index contributed by atoms with van der Waals surface area (Å²) < 4.78 is 19.7. The predicted octanol–water partition coefficient (Wildman–Crippen LogP) is 5.49. The number of fused-ring (bicyclic) bond motifs is 1. The summed E-state index contributed by atoms with van der Waals surface area (Å²) in [6.45, 7) is 4.34. The van der Waals surface area contributed by atoms with Crippen LogP contribution in [-0.4, -0.2) is 10.9 Å². The van der Waals surface area contributed by atoms with E-state index in [2.05, 4.69) is 18.0 Å². The molecule has 2 aromatic carbocycles. The highest BCUT2D eigenvalue weighted by molar-refractivity contribution is 7.22. The molecule has 1 amide bonds.